The Balaban J connectivity index is 1.14. The number of carbonyl (C=O) groups is 1. The average molecular weight is 755 g/mol. The van der Waals surface area contributed by atoms with E-state index in [0.29, 0.717) is 18.6 Å². The van der Waals surface area contributed by atoms with Crippen LogP contribution in [0.15, 0.2) is 23.8 Å². The Morgan fingerprint density at radius 2 is 1.50 bits per heavy atom. The Morgan fingerprint density at radius 3 is 2.19 bits per heavy atom. The molecule has 0 radical (unpaired) electrons. The number of ether oxygens (including phenoxy) is 3. The van der Waals surface area contributed by atoms with Gasteiger partial charge in [0, 0.05) is 6.61 Å². The molecule has 4 aliphatic carbocycles. The maximum atomic E-state index is 11.3. The smallest absolute Gasteiger partial charge is 0.450 e. The third-order valence-corrected chi connectivity index (χ3v) is 15.1. The summed E-state index contributed by atoms with van der Waals surface area (Å²) in [7, 11) is 0. The van der Waals surface area contributed by atoms with E-state index in [1.807, 2.05) is 0 Å². The Kier molecular flexibility index (Phi) is 20.0. The first-order valence-corrected chi connectivity index (χ1v) is 23.5. The number of fused-ring (bicyclic) bond motifs is 5. The molecule has 5 nitrogen and oxygen atoms in total. The van der Waals surface area contributed by atoms with Crippen LogP contribution in [0.25, 0.3) is 0 Å². The van der Waals surface area contributed by atoms with E-state index in [-0.39, 0.29) is 24.2 Å². The molecule has 0 heterocycles. The lowest BCUT2D eigenvalue weighted by molar-refractivity contribution is -0.105. The monoisotopic (exact) mass is 755 g/mol. The Bertz CT molecular complexity index is 1110. The maximum Gasteiger partial charge on any atom is 0.505 e. The summed E-state index contributed by atoms with van der Waals surface area (Å²) in [4.78, 5) is 11.3. The molecule has 0 aromatic heterocycles. The van der Waals surface area contributed by atoms with Crippen molar-refractivity contribution < 1.29 is 24.1 Å². The minimum absolute atomic E-state index is 0.0393. The Hall–Kier alpha value is -1.33. The molecule has 9 atom stereocenters. The lowest BCUT2D eigenvalue weighted by atomic mass is 9.47. The molecule has 0 saturated heterocycles. The van der Waals surface area contributed by atoms with Crippen LogP contribution in [0.3, 0.4) is 0 Å². The van der Waals surface area contributed by atoms with Crippen LogP contribution in [0, 0.1) is 46.3 Å². The quantitative estimate of drug-likeness (QED) is 0.0514. The fourth-order valence-electron chi connectivity index (χ4n) is 12.0. The predicted octanol–water partition coefficient (Wildman–Crippen LogP) is 14.5. The molecule has 4 aliphatic rings. The molecule has 5 heteroatoms. The van der Waals surface area contributed by atoms with Crippen LogP contribution in [0.1, 0.15) is 202 Å². The number of unbranched alkanes of at least 4 members (excludes halogenated alkanes) is 12. The molecule has 0 aromatic rings. The molecule has 312 valence electrons. The van der Waals surface area contributed by atoms with Crippen molar-refractivity contribution in [2.75, 3.05) is 19.8 Å². The van der Waals surface area contributed by atoms with Gasteiger partial charge in [0.2, 0.25) is 0 Å². The van der Waals surface area contributed by atoms with Gasteiger partial charge in [-0.3, -0.25) is 0 Å². The molecule has 0 spiro atoms. The number of hydrogen-bond donors (Lipinski definition) is 1. The Morgan fingerprint density at radius 1 is 0.815 bits per heavy atom. The van der Waals surface area contributed by atoms with E-state index < -0.39 is 6.16 Å². The van der Waals surface area contributed by atoms with Crippen LogP contribution in [0.2, 0.25) is 0 Å². The van der Waals surface area contributed by atoms with Gasteiger partial charge < -0.3 is 19.3 Å². The van der Waals surface area contributed by atoms with Gasteiger partial charge in [0.05, 0.1) is 12.7 Å². The van der Waals surface area contributed by atoms with Gasteiger partial charge in [-0.1, -0.05) is 142 Å². The number of hydrogen-bond acceptors (Lipinski definition) is 4. The number of allylic oxidation sites excluding steroid dienone is 3. The van der Waals surface area contributed by atoms with Gasteiger partial charge in [0.25, 0.3) is 0 Å². The van der Waals surface area contributed by atoms with Crippen molar-refractivity contribution >= 4 is 6.16 Å². The second-order valence-electron chi connectivity index (χ2n) is 19.5. The molecule has 5 unspecified atom stereocenters. The van der Waals surface area contributed by atoms with Crippen LogP contribution in [0.5, 0.6) is 0 Å². The number of rotatable bonds is 27. The molecule has 4 rings (SSSR count). The van der Waals surface area contributed by atoms with E-state index in [1.165, 1.54) is 141 Å². The lowest BCUT2D eigenvalue weighted by Crippen LogP contribution is -2.51. The summed E-state index contributed by atoms with van der Waals surface area (Å²) in [5, 5.41) is 9.25. The van der Waals surface area contributed by atoms with Gasteiger partial charge >= 0.3 is 6.16 Å². The molecule has 54 heavy (non-hydrogen) atoms. The third kappa shape index (κ3) is 13.7. The van der Waals surface area contributed by atoms with Gasteiger partial charge in [0.1, 0.15) is 12.7 Å². The summed E-state index contributed by atoms with van der Waals surface area (Å²) in [5.74, 6) is 5.05. The highest BCUT2D eigenvalue weighted by molar-refractivity contribution is 5.56. The standard InChI is InChI=1S/C49H86O5/c1-7-8-9-10-11-12-13-14-15-16-17-18-19-20-21-22-34-52-36-42(37-53-47(50)51)54-41-30-32-48(5)40(35-41)26-27-43-45-29-28-44(39(4)25-23-24-38(2)3)49(45,6)33-31-46(43)48/h14-15,26,38-39,41-46H,7-13,16-25,27-37H2,1-6H3,(H,50,51)/b15-14-/t39-,41?,42?,43?,44-,45?,46?,48+,49-/m1/s1. The zero-order valence-electron chi connectivity index (χ0n) is 36.2. The van der Waals surface area contributed by atoms with Gasteiger partial charge in [0.15, 0.2) is 0 Å². The zero-order valence-corrected chi connectivity index (χ0v) is 36.2. The van der Waals surface area contributed by atoms with Crippen LogP contribution >= 0.6 is 0 Å². The molecular formula is C49H86O5. The van der Waals surface area contributed by atoms with Crippen molar-refractivity contribution in [3.8, 4) is 0 Å². The van der Waals surface area contributed by atoms with Crippen LogP contribution in [-0.2, 0) is 14.2 Å². The van der Waals surface area contributed by atoms with E-state index in [1.54, 1.807) is 5.57 Å². The first kappa shape index (κ1) is 45.4. The van der Waals surface area contributed by atoms with Crippen LogP contribution in [-0.4, -0.2) is 43.3 Å². The van der Waals surface area contributed by atoms with Crippen molar-refractivity contribution in [1.29, 1.82) is 0 Å². The normalized spacial score (nSPS) is 30.5. The second kappa shape index (κ2) is 23.8. The zero-order chi connectivity index (χ0) is 38.8. The lowest BCUT2D eigenvalue weighted by Gasteiger charge is -2.58. The molecule has 1 N–H and O–H groups in total. The van der Waals surface area contributed by atoms with E-state index in [0.717, 1.165) is 54.8 Å². The SMILES string of the molecule is CCCCCCCC/C=C\CCCCCCCCOCC(COC(=O)O)OC1CC[C@@]2(C)C(=CCC3C2CC[C@@]2(C)C3CC[C@@H]2[C@H](C)CCCC(C)C)C1. The van der Waals surface area contributed by atoms with Gasteiger partial charge in [-0.15, -0.1) is 0 Å². The molecular weight excluding hydrogens is 669 g/mol. The molecule has 3 saturated carbocycles. The van der Waals surface area contributed by atoms with Gasteiger partial charge in [-0.2, -0.15) is 0 Å². The minimum atomic E-state index is -1.24. The largest absolute Gasteiger partial charge is 0.505 e. The summed E-state index contributed by atoms with van der Waals surface area (Å²) in [5.41, 5.74) is 2.41. The van der Waals surface area contributed by atoms with E-state index in [4.69, 9.17) is 14.2 Å². The summed E-state index contributed by atoms with van der Waals surface area (Å²) < 4.78 is 17.7. The third-order valence-electron chi connectivity index (χ3n) is 15.1. The molecule has 0 aliphatic heterocycles. The fourth-order valence-corrected chi connectivity index (χ4v) is 12.0. The highest BCUT2D eigenvalue weighted by Gasteiger charge is 2.59. The highest BCUT2D eigenvalue weighted by atomic mass is 16.7. The van der Waals surface area contributed by atoms with Crippen LogP contribution < -0.4 is 0 Å². The first-order valence-electron chi connectivity index (χ1n) is 23.5. The summed E-state index contributed by atoms with van der Waals surface area (Å²) in [6, 6.07) is 0. The van der Waals surface area contributed by atoms with Crippen LogP contribution in [0.4, 0.5) is 4.79 Å². The number of carboxylic acid groups (broad SMARTS) is 1. The van der Waals surface area contributed by atoms with Gasteiger partial charge in [-0.05, 0) is 130 Å². The molecule has 0 bridgehead atoms. The second-order valence-corrected chi connectivity index (χ2v) is 19.5. The maximum absolute atomic E-state index is 11.3. The molecule has 0 aromatic carbocycles. The predicted molar refractivity (Wildman–Crippen MR) is 226 cm³/mol. The van der Waals surface area contributed by atoms with Crippen molar-refractivity contribution in [3.05, 3.63) is 23.8 Å². The fraction of sp³-hybridized carbons (Fsp3) is 0.898. The summed E-state index contributed by atoms with van der Waals surface area (Å²) in [6.45, 7) is 16.0. The molecule has 0 amide bonds. The molecule has 3 fully saturated rings. The van der Waals surface area contributed by atoms with Crippen molar-refractivity contribution in [2.24, 2.45) is 46.3 Å². The Labute approximate surface area is 333 Å². The van der Waals surface area contributed by atoms with E-state index in [9.17, 15) is 9.90 Å². The topological polar surface area (TPSA) is 65.0 Å². The summed E-state index contributed by atoms with van der Waals surface area (Å²) >= 11 is 0. The first-order chi connectivity index (χ1) is 26.1. The van der Waals surface area contributed by atoms with Crippen molar-refractivity contribution in [3.63, 3.8) is 0 Å². The minimum Gasteiger partial charge on any atom is -0.450 e. The van der Waals surface area contributed by atoms with Crippen molar-refractivity contribution in [1.82, 2.24) is 0 Å². The van der Waals surface area contributed by atoms with Gasteiger partial charge in [-0.25, -0.2) is 4.79 Å². The average Bonchev–Trinajstić information content (AvgIpc) is 3.50. The van der Waals surface area contributed by atoms with Crippen molar-refractivity contribution in [2.45, 2.75) is 214 Å². The van der Waals surface area contributed by atoms with E-state index >= 15 is 0 Å². The van der Waals surface area contributed by atoms with E-state index in [2.05, 4.69) is 59.8 Å². The highest BCUT2D eigenvalue weighted by Crippen LogP contribution is 2.67. The summed E-state index contributed by atoms with van der Waals surface area (Å²) in [6.07, 6.45) is 38.3.